The van der Waals surface area contributed by atoms with E-state index in [1.807, 2.05) is 13.0 Å². The Morgan fingerprint density at radius 1 is 1.43 bits per heavy atom. The molecule has 72 valence electrons. The third-order valence-electron chi connectivity index (χ3n) is 2.01. The Hall–Kier alpha value is -1.36. The molecule has 0 fully saturated rings. The molecule has 0 saturated carbocycles. The second-order valence-electron chi connectivity index (χ2n) is 3.10. The first-order valence-electron chi connectivity index (χ1n) is 4.01. The Labute approximate surface area is 88.2 Å². The van der Waals surface area contributed by atoms with E-state index in [9.17, 15) is 10.1 Å². The molecule has 4 nitrogen and oxygen atoms in total. The first-order chi connectivity index (χ1) is 6.58. The van der Waals surface area contributed by atoms with Crippen LogP contribution in [0.2, 0.25) is 0 Å². The zero-order chi connectivity index (χ0) is 10.3. The number of aromatic nitrogens is 1. The van der Waals surface area contributed by atoms with Gasteiger partial charge in [-0.2, -0.15) is 0 Å². The zero-order valence-electron chi connectivity index (χ0n) is 7.37. The van der Waals surface area contributed by atoms with Crippen molar-refractivity contribution in [1.29, 1.82) is 0 Å². The number of hydrogen-bond acceptors (Lipinski definition) is 2. The fraction of sp³-hybridized carbons (Fsp3) is 0.111. The minimum absolute atomic E-state index is 0.124. The minimum atomic E-state index is -0.375. The standard InChI is InChI=1S/C9H7BrN2O2/c1-5-2-7-8(11-5)3-6(10)4-9(7)12(13)14/h2-4,11H,1H3. The number of aromatic amines is 1. The van der Waals surface area contributed by atoms with Crippen LogP contribution in [0.25, 0.3) is 10.9 Å². The third-order valence-corrected chi connectivity index (χ3v) is 2.47. The molecule has 0 atom stereocenters. The van der Waals surface area contributed by atoms with Crippen molar-refractivity contribution < 1.29 is 4.92 Å². The summed E-state index contributed by atoms with van der Waals surface area (Å²) < 4.78 is 0.707. The first-order valence-corrected chi connectivity index (χ1v) is 4.80. The monoisotopic (exact) mass is 254 g/mol. The van der Waals surface area contributed by atoms with Crippen molar-refractivity contribution in [2.45, 2.75) is 6.92 Å². The van der Waals surface area contributed by atoms with E-state index in [0.717, 1.165) is 11.2 Å². The van der Waals surface area contributed by atoms with Crippen molar-refractivity contribution in [1.82, 2.24) is 4.98 Å². The molecule has 0 saturated heterocycles. The molecule has 0 amide bonds. The van der Waals surface area contributed by atoms with Gasteiger partial charge in [-0.05, 0) is 19.1 Å². The lowest BCUT2D eigenvalue weighted by Gasteiger charge is -1.95. The van der Waals surface area contributed by atoms with E-state index >= 15 is 0 Å². The molecule has 1 aromatic heterocycles. The van der Waals surface area contributed by atoms with Gasteiger partial charge in [0, 0.05) is 16.2 Å². The maximum Gasteiger partial charge on any atom is 0.279 e. The number of rotatable bonds is 1. The Morgan fingerprint density at radius 3 is 2.79 bits per heavy atom. The van der Waals surface area contributed by atoms with Gasteiger partial charge in [-0.3, -0.25) is 10.1 Å². The van der Waals surface area contributed by atoms with E-state index in [2.05, 4.69) is 20.9 Å². The third kappa shape index (κ3) is 1.39. The predicted molar refractivity (Wildman–Crippen MR) is 57.4 cm³/mol. The number of non-ortho nitro benzene ring substituents is 1. The highest BCUT2D eigenvalue weighted by Crippen LogP contribution is 2.30. The molecular weight excluding hydrogens is 248 g/mol. The number of nitro benzene ring substituents is 1. The van der Waals surface area contributed by atoms with Gasteiger partial charge < -0.3 is 4.98 Å². The Kier molecular flexibility index (Phi) is 2.03. The highest BCUT2D eigenvalue weighted by atomic mass is 79.9. The van der Waals surface area contributed by atoms with Crippen molar-refractivity contribution in [2.75, 3.05) is 0 Å². The number of nitrogens with one attached hydrogen (secondary N) is 1. The summed E-state index contributed by atoms with van der Waals surface area (Å²) in [6.45, 7) is 1.87. The van der Waals surface area contributed by atoms with Crippen LogP contribution in [-0.4, -0.2) is 9.91 Å². The summed E-state index contributed by atoms with van der Waals surface area (Å²) in [4.78, 5) is 13.4. The number of nitro groups is 1. The SMILES string of the molecule is Cc1cc2c([N+](=O)[O-])cc(Br)cc2[nH]1. The molecule has 0 aliphatic carbocycles. The van der Waals surface area contributed by atoms with Gasteiger partial charge in [-0.1, -0.05) is 15.9 Å². The molecule has 1 aromatic carbocycles. The average molecular weight is 255 g/mol. The lowest BCUT2D eigenvalue weighted by atomic mass is 10.2. The minimum Gasteiger partial charge on any atom is -0.358 e. The van der Waals surface area contributed by atoms with Crippen LogP contribution < -0.4 is 0 Å². The predicted octanol–water partition coefficient (Wildman–Crippen LogP) is 3.15. The van der Waals surface area contributed by atoms with Crippen molar-refractivity contribution in [3.8, 4) is 0 Å². The summed E-state index contributed by atoms with van der Waals surface area (Å²) in [6, 6.07) is 5.12. The fourth-order valence-electron chi connectivity index (χ4n) is 1.47. The highest BCUT2D eigenvalue weighted by molar-refractivity contribution is 9.10. The van der Waals surface area contributed by atoms with Crippen LogP contribution in [0.4, 0.5) is 5.69 Å². The molecule has 0 spiro atoms. The van der Waals surface area contributed by atoms with E-state index in [-0.39, 0.29) is 10.6 Å². The second kappa shape index (κ2) is 3.09. The number of halogens is 1. The van der Waals surface area contributed by atoms with Crippen molar-refractivity contribution >= 4 is 32.5 Å². The number of benzene rings is 1. The van der Waals surface area contributed by atoms with Crippen molar-refractivity contribution in [3.63, 3.8) is 0 Å². The topological polar surface area (TPSA) is 58.9 Å². The Bertz CT molecular complexity index is 519. The van der Waals surface area contributed by atoms with E-state index in [1.54, 1.807) is 6.07 Å². The van der Waals surface area contributed by atoms with Crippen molar-refractivity contribution in [3.05, 3.63) is 38.5 Å². The largest absolute Gasteiger partial charge is 0.358 e. The van der Waals surface area contributed by atoms with Crippen LogP contribution in [0.1, 0.15) is 5.69 Å². The van der Waals surface area contributed by atoms with E-state index in [0.29, 0.717) is 9.86 Å². The first kappa shape index (κ1) is 9.21. The smallest absolute Gasteiger partial charge is 0.279 e. The summed E-state index contributed by atoms with van der Waals surface area (Å²) in [5.74, 6) is 0. The van der Waals surface area contributed by atoms with Gasteiger partial charge in [0.1, 0.15) is 0 Å². The molecule has 1 N–H and O–H groups in total. The van der Waals surface area contributed by atoms with Gasteiger partial charge in [-0.15, -0.1) is 0 Å². The lowest BCUT2D eigenvalue weighted by molar-refractivity contribution is -0.383. The van der Waals surface area contributed by atoms with Crippen LogP contribution >= 0.6 is 15.9 Å². The van der Waals surface area contributed by atoms with Crippen LogP contribution in [-0.2, 0) is 0 Å². The normalized spacial score (nSPS) is 10.7. The van der Waals surface area contributed by atoms with Gasteiger partial charge >= 0.3 is 0 Å². The van der Waals surface area contributed by atoms with Gasteiger partial charge in [0.25, 0.3) is 5.69 Å². The number of nitrogens with zero attached hydrogens (tertiary/aromatic N) is 1. The Morgan fingerprint density at radius 2 is 2.14 bits per heavy atom. The lowest BCUT2D eigenvalue weighted by Crippen LogP contribution is -1.88. The summed E-state index contributed by atoms with van der Waals surface area (Å²) in [7, 11) is 0. The van der Waals surface area contributed by atoms with Crippen LogP contribution in [0.3, 0.4) is 0 Å². The van der Waals surface area contributed by atoms with Crippen LogP contribution in [0.15, 0.2) is 22.7 Å². The second-order valence-corrected chi connectivity index (χ2v) is 4.01. The maximum atomic E-state index is 10.7. The van der Waals surface area contributed by atoms with Gasteiger partial charge in [-0.25, -0.2) is 0 Å². The quantitative estimate of drug-likeness (QED) is 0.628. The molecule has 0 aliphatic heterocycles. The summed E-state index contributed by atoms with van der Waals surface area (Å²) in [6.07, 6.45) is 0. The molecule has 0 bridgehead atoms. The van der Waals surface area contributed by atoms with Crippen LogP contribution in [0, 0.1) is 17.0 Å². The molecule has 0 unspecified atom stereocenters. The number of fused-ring (bicyclic) bond motifs is 1. The molecule has 0 radical (unpaired) electrons. The number of aryl methyl sites for hydroxylation is 1. The zero-order valence-corrected chi connectivity index (χ0v) is 8.96. The van der Waals surface area contributed by atoms with Crippen LogP contribution in [0.5, 0.6) is 0 Å². The molecule has 0 aliphatic rings. The average Bonchev–Trinajstić information content (AvgIpc) is 2.42. The van der Waals surface area contributed by atoms with E-state index in [4.69, 9.17) is 0 Å². The molecule has 5 heteroatoms. The highest BCUT2D eigenvalue weighted by Gasteiger charge is 2.14. The molecule has 2 aromatic rings. The van der Waals surface area contributed by atoms with Gasteiger partial charge in [0.05, 0.1) is 15.8 Å². The molecule has 14 heavy (non-hydrogen) atoms. The molecule has 1 heterocycles. The van der Waals surface area contributed by atoms with Crippen molar-refractivity contribution in [2.24, 2.45) is 0 Å². The van der Waals surface area contributed by atoms with E-state index in [1.165, 1.54) is 6.07 Å². The molecule has 2 rings (SSSR count). The maximum absolute atomic E-state index is 10.7. The summed E-state index contributed by atoms with van der Waals surface area (Å²) in [5.41, 5.74) is 1.82. The summed E-state index contributed by atoms with van der Waals surface area (Å²) in [5, 5.41) is 11.4. The number of H-pyrrole nitrogens is 1. The molecular formula is C9H7BrN2O2. The number of hydrogen-bond donors (Lipinski definition) is 1. The fourth-order valence-corrected chi connectivity index (χ4v) is 1.92. The van der Waals surface area contributed by atoms with Gasteiger partial charge in [0.15, 0.2) is 0 Å². The Balaban J connectivity index is 2.85. The van der Waals surface area contributed by atoms with Gasteiger partial charge in [0.2, 0.25) is 0 Å². The summed E-state index contributed by atoms with van der Waals surface area (Å²) >= 11 is 3.24. The van der Waals surface area contributed by atoms with E-state index < -0.39 is 0 Å².